The fraction of sp³-hybridized carbons (Fsp3) is 0.125. The summed E-state index contributed by atoms with van der Waals surface area (Å²) in [6.07, 6.45) is 1.74. The van der Waals surface area contributed by atoms with Gasteiger partial charge in [-0.1, -0.05) is 0 Å². The van der Waals surface area contributed by atoms with Crippen molar-refractivity contribution in [3.05, 3.63) is 29.7 Å². The van der Waals surface area contributed by atoms with Gasteiger partial charge in [0, 0.05) is 6.20 Å². The summed E-state index contributed by atoms with van der Waals surface area (Å²) in [5.74, 6) is -0.563. The maximum absolute atomic E-state index is 10.7. The number of nitrogens with two attached hydrogens (primary N) is 1. The van der Waals surface area contributed by atoms with Crippen LogP contribution in [0.4, 0.5) is 0 Å². The van der Waals surface area contributed by atoms with E-state index in [4.69, 9.17) is 5.73 Å². The summed E-state index contributed by atoms with van der Waals surface area (Å²) in [5.41, 5.74) is 6.74. The molecule has 0 aliphatic rings. The van der Waals surface area contributed by atoms with Crippen molar-refractivity contribution in [1.29, 1.82) is 0 Å². The highest BCUT2D eigenvalue weighted by atomic mass is 16.1. The van der Waals surface area contributed by atoms with E-state index in [9.17, 15) is 4.79 Å². The number of hydrogen-bond donors (Lipinski definition) is 1. The van der Waals surface area contributed by atoms with Gasteiger partial charge in [0.15, 0.2) is 5.65 Å². The zero-order chi connectivity index (χ0) is 9.42. The van der Waals surface area contributed by atoms with Gasteiger partial charge in [0.25, 0.3) is 5.91 Å². The first kappa shape index (κ1) is 7.72. The third-order valence-corrected chi connectivity index (χ3v) is 1.71. The van der Waals surface area contributed by atoms with E-state index in [0.717, 1.165) is 5.56 Å². The molecule has 1 amide bonds. The van der Waals surface area contributed by atoms with Crippen molar-refractivity contribution >= 4 is 11.6 Å². The average molecular weight is 176 g/mol. The van der Waals surface area contributed by atoms with E-state index >= 15 is 0 Å². The van der Waals surface area contributed by atoms with Crippen LogP contribution in [0.15, 0.2) is 18.3 Å². The van der Waals surface area contributed by atoms with Gasteiger partial charge in [-0.2, -0.15) is 0 Å². The summed E-state index contributed by atoms with van der Waals surface area (Å²) < 4.78 is 1.52. The first-order chi connectivity index (χ1) is 6.16. The monoisotopic (exact) mass is 176 g/mol. The van der Waals surface area contributed by atoms with Crippen LogP contribution in [0, 0.1) is 6.92 Å². The normalized spacial score (nSPS) is 10.5. The summed E-state index contributed by atoms with van der Waals surface area (Å²) in [6.45, 7) is 1.94. The summed E-state index contributed by atoms with van der Waals surface area (Å²) >= 11 is 0. The maximum Gasteiger partial charge on any atom is 0.288 e. The lowest BCUT2D eigenvalue weighted by atomic mass is 10.3. The molecule has 2 heterocycles. The molecular formula is C8H8N4O. The molecule has 0 saturated heterocycles. The van der Waals surface area contributed by atoms with Crippen LogP contribution in [0.5, 0.6) is 0 Å². The topological polar surface area (TPSA) is 73.3 Å². The molecule has 0 aromatic carbocycles. The Morgan fingerprint density at radius 1 is 1.62 bits per heavy atom. The van der Waals surface area contributed by atoms with Crippen molar-refractivity contribution in [2.45, 2.75) is 6.92 Å². The molecule has 13 heavy (non-hydrogen) atoms. The van der Waals surface area contributed by atoms with Crippen LogP contribution in [-0.4, -0.2) is 20.5 Å². The lowest BCUT2D eigenvalue weighted by Crippen LogP contribution is -2.12. The lowest BCUT2D eigenvalue weighted by molar-refractivity contribution is 0.0990. The number of aromatic nitrogens is 3. The number of pyridine rings is 1. The quantitative estimate of drug-likeness (QED) is 0.671. The number of carbonyl (C=O) groups excluding carboxylic acids is 1. The molecular weight excluding hydrogens is 168 g/mol. The minimum Gasteiger partial charge on any atom is -0.363 e. The predicted octanol–water partition coefficient (Wildman–Crippen LogP) is 0.137. The van der Waals surface area contributed by atoms with Gasteiger partial charge in [-0.05, 0) is 24.6 Å². The van der Waals surface area contributed by atoms with Crippen LogP contribution in [0.25, 0.3) is 5.65 Å². The molecule has 0 atom stereocenters. The molecule has 0 bridgehead atoms. The van der Waals surface area contributed by atoms with Gasteiger partial charge in [-0.3, -0.25) is 4.79 Å². The number of primary amides is 1. The zero-order valence-electron chi connectivity index (χ0n) is 7.06. The zero-order valence-corrected chi connectivity index (χ0v) is 7.06. The lowest BCUT2D eigenvalue weighted by Gasteiger charge is -1.90. The Balaban J connectivity index is 2.68. The van der Waals surface area contributed by atoms with E-state index in [2.05, 4.69) is 10.1 Å². The van der Waals surface area contributed by atoms with E-state index in [0.29, 0.717) is 5.65 Å². The summed E-state index contributed by atoms with van der Waals surface area (Å²) in [6, 6.07) is 3.71. The van der Waals surface area contributed by atoms with Gasteiger partial charge in [-0.15, -0.1) is 5.10 Å². The Kier molecular flexibility index (Phi) is 1.51. The molecule has 0 aliphatic carbocycles. The molecule has 2 aromatic rings. The Labute approximate surface area is 74.2 Å². The van der Waals surface area contributed by atoms with Crippen LogP contribution in [0.3, 0.4) is 0 Å². The SMILES string of the molecule is Cc1ccn2nc(C(N)=O)nc2c1. The Morgan fingerprint density at radius 3 is 3.08 bits per heavy atom. The van der Waals surface area contributed by atoms with Crippen molar-refractivity contribution in [3.63, 3.8) is 0 Å². The number of aryl methyl sites for hydroxylation is 1. The number of rotatable bonds is 1. The smallest absolute Gasteiger partial charge is 0.288 e. The Morgan fingerprint density at radius 2 is 2.38 bits per heavy atom. The van der Waals surface area contributed by atoms with E-state index in [1.807, 2.05) is 19.1 Å². The second-order valence-corrected chi connectivity index (χ2v) is 2.81. The highest BCUT2D eigenvalue weighted by Gasteiger charge is 2.07. The van der Waals surface area contributed by atoms with Gasteiger partial charge in [-0.25, -0.2) is 9.50 Å². The summed E-state index contributed by atoms with van der Waals surface area (Å²) in [7, 11) is 0. The van der Waals surface area contributed by atoms with Gasteiger partial charge in [0.2, 0.25) is 5.82 Å². The van der Waals surface area contributed by atoms with Gasteiger partial charge < -0.3 is 5.73 Å². The number of nitrogens with zero attached hydrogens (tertiary/aromatic N) is 3. The second-order valence-electron chi connectivity index (χ2n) is 2.81. The number of amides is 1. The maximum atomic E-state index is 10.7. The minimum absolute atomic E-state index is 0.0469. The third kappa shape index (κ3) is 1.24. The highest BCUT2D eigenvalue weighted by molar-refractivity contribution is 5.89. The van der Waals surface area contributed by atoms with Crippen molar-refractivity contribution < 1.29 is 4.79 Å². The molecule has 5 heteroatoms. The van der Waals surface area contributed by atoms with Crippen LogP contribution >= 0.6 is 0 Å². The molecule has 5 nitrogen and oxygen atoms in total. The van der Waals surface area contributed by atoms with E-state index in [1.54, 1.807) is 6.20 Å². The average Bonchev–Trinajstić information content (AvgIpc) is 2.46. The predicted molar refractivity (Wildman–Crippen MR) is 46.2 cm³/mol. The largest absolute Gasteiger partial charge is 0.363 e. The molecule has 2 N–H and O–H groups in total. The van der Waals surface area contributed by atoms with Gasteiger partial charge >= 0.3 is 0 Å². The van der Waals surface area contributed by atoms with E-state index in [1.165, 1.54) is 4.52 Å². The first-order valence-electron chi connectivity index (χ1n) is 3.79. The number of hydrogen-bond acceptors (Lipinski definition) is 3. The fourth-order valence-electron chi connectivity index (χ4n) is 1.09. The first-order valence-corrected chi connectivity index (χ1v) is 3.79. The Hall–Kier alpha value is -1.91. The second kappa shape index (κ2) is 2.55. The molecule has 0 fully saturated rings. The van der Waals surface area contributed by atoms with E-state index < -0.39 is 5.91 Å². The standard InChI is InChI=1S/C8H8N4O/c1-5-2-3-12-6(4-5)10-8(11-12)7(9)13/h2-4H,1H3,(H2,9,13). The molecule has 66 valence electrons. The van der Waals surface area contributed by atoms with Crippen molar-refractivity contribution in [3.8, 4) is 0 Å². The van der Waals surface area contributed by atoms with Gasteiger partial charge in [0.05, 0.1) is 0 Å². The molecule has 0 spiro atoms. The molecule has 0 unspecified atom stereocenters. The minimum atomic E-state index is -0.610. The molecule has 2 aromatic heterocycles. The van der Waals surface area contributed by atoms with Crippen LogP contribution < -0.4 is 5.73 Å². The highest BCUT2D eigenvalue weighted by Crippen LogP contribution is 2.03. The number of carbonyl (C=O) groups is 1. The van der Waals surface area contributed by atoms with Gasteiger partial charge in [0.1, 0.15) is 0 Å². The van der Waals surface area contributed by atoms with Crippen LogP contribution in [0.1, 0.15) is 16.2 Å². The van der Waals surface area contributed by atoms with E-state index in [-0.39, 0.29) is 5.82 Å². The molecule has 2 rings (SSSR count). The number of fused-ring (bicyclic) bond motifs is 1. The third-order valence-electron chi connectivity index (χ3n) is 1.71. The fourth-order valence-corrected chi connectivity index (χ4v) is 1.09. The van der Waals surface area contributed by atoms with Crippen molar-refractivity contribution in [1.82, 2.24) is 14.6 Å². The summed E-state index contributed by atoms with van der Waals surface area (Å²) in [5, 5.41) is 3.88. The van der Waals surface area contributed by atoms with Crippen molar-refractivity contribution in [2.24, 2.45) is 5.73 Å². The Bertz CT molecular complexity index is 474. The van der Waals surface area contributed by atoms with Crippen LogP contribution in [-0.2, 0) is 0 Å². The molecule has 0 saturated carbocycles. The molecule has 0 aliphatic heterocycles. The molecule has 0 radical (unpaired) electrons. The van der Waals surface area contributed by atoms with Crippen LogP contribution in [0.2, 0.25) is 0 Å². The summed E-state index contributed by atoms with van der Waals surface area (Å²) in [4.78, 5) is 14.7. The van der Waals surface area contributed by atoms with Crippen molar-refractivity contribution in [2.75, 3.05) is 0 Å².